The number of pyridine rings is 2. The largest absolute Gasteiger partial charge is 0.493 e. The summed E-state index contributed by atoms with van der Waals surface area (Å²) in [6.07, 6.45) is 2.04. The highest BCUT2D eigenvalue weighted by molar-refractivity contribution is 6.06. The van der Waals surface area contributed by atoms with Crippen LogP contribution in [0.25, 0.3) is 49.3 Å². The number of fused-ring (bicyclic) bond motifs is 4. The summed E-state index contributed by atoms with van der Waals surface area (Å²) in [5.41, 5.74) is 7.71. The average Bonchev–Trinajstić information content (AvgIpc) is 3.00. The molecule has 2 aromatic heterocycles. The molecule has 0 radical (unpaired) electrons. The molecule has 0 aliphatic rings. The zero-order chi connectivity index (χ0) is 27.1. The Morgan fingerprint density at radius 3 is 2.05 bits per heavy atom. The van der Waals surface area contributed by atoms with E-state index in [1.807, 2.05) is 42.6 Å². The first-order valence-electron chi connectivity index (χ1n) is 12.9. The first-order chi connectivity index (χ1) is 19.1. The molecule has 6 rings (SSSR count). The van der Waals surface area contributed by atoms with Crippen molar-refractivity contribution in [2.75, 3.05) is 14.2 Å². The second-order valence-corrected chi connectivity index (χ2v) is 9.67. The smallest absolute Gasteiger partial charge is 0.219 e. The lowest BCUT2D eigenvalue weighted by atomic mass is 9.88. The van der Waals surface area contributed by atoms with E-state index in [1.165, 1.54) is 0 Å². The van der Waals surface area contributed by atoms with Crippen LogP contribution in [0.2, 0.25) is 0 Å². The van der Waals surface area contributed by atoms with E-state index in [1.54, 1.807) is 14.2 Å². The van der Waals surface area contributed by atoms with Crippen molar-refractivity contribution in [1.82, 2.24) is 0 Å². The minimum atomic E-state index is -0.174. The maximum Gasteiger partial charge on any atom is 0.219 e. The number of aryl methyl sites for hydroxylation is 1. The van der Waals surface area contributed by atoms with Gasteiger partial charge >= 0.3 is 0 Å². The summed E-state index contributed by atoms with van der Waals surface area (Å²) in [4.78, 5) is 0. The number of aliphatic hydroxyl groups excluding tert-OH is 2. The molecule has 0 aliphatic carbocycles. The lowest BCUT2D eigenvalue weighted by Crippen LogP contribution is -2.26. The summed E-state index contributed by atoms with van der Waals surface area (Å²) in [5, 5.41) is 24.8. The third-order valence-electron chi connectivity index (χ3n) is 7.72. The minimum Gasteiger partial charge on any atom is -0.493 e. The number of aliphatic hydroxyl groups is 2. The molecule has 0 atom stereocenters. The van der Waals surface area contributed by atoms with Crippen LogP contribution in [-0.4, -0.2) is 24.4 Å². The van der Waals surface area contributed by atoms with Crippen LogP contribution < -0.4 is 13.9 Å². The number of rotatable bonds is 6. The van der Waals surface area contributed by atoms with Gasteiger partial charge in [0.25, 0.3) is 0 Å². The van der Waals surface area contributed by atoms with Crippen molar-refractivity contribution >= 4 is 27.1 Å². The van der Waals surface area contributed by atoms with E-state index in [9.17, 15) is 10.2 Å². The molecule has 6 aromatic rings. The molecule has 4 aromatic carbocycles. The number of nitrogens with zero attached hydrogens (tertiary/aromatic N) is 1. The topological polar surface area (TPSA) is 63.0 Å². The highest BCUT2D eigenvalue weighted by atomic mass is 16.5. The van der Waals surface area contributed by atoms with E-state index in [0.717, 1.165) is 66.1 Å². The molecule has 0 spiro atoms. The predicted molar refractivity (Wildman–Crippen MR) is 155 cm³/mol. The van der Waals surface area contributed by atoms with Crippen molar-refractivity contribution in [3.05, 3.63) is 108 Å². The number of methoxy groups -OCH3 is 2. The molecular formula is C34H30NO4+. The van der Waals surface area contributed by atoms with Crippen LogP contribution in [0.3, 0.4) is 0 Å². The zero-order valence-electron chi connectivity index (χ0n) is 22.2. The second-order valence-electron chi connectivity index (χ2n) is 9.67. The molecule has 2 N–H and O–H groups in total. The number of hydrogen-bond donors (Lipinski definition) is 2. The highest BCUT2D eigenvalue weighted by Crippen LogP contribution is 2.40. The molecule has 0 saturated heterocycles. The third kappa shape index (κ3) is 3.98. The normalized spacial score (nSPS) is 11.4. The van der Waals surface area contributed by atoms with E-state index >= 15 is 0 Å². The standard InChI is InChI=1S/C34H30NO4/c1-21-28-17-25(19-36)30(20-37)33(24-11-9-23(10-12-24)22-7-5-4-6-8-22)29(28)18-31-26-13-14-32(38-2)34(39-3)27(26)15-16-35(21)31/h4-18,36-37H,19-20H2,1-3H3/q+1. The fraction of sp³-hybridized carbons (Fsp3) is 0.147. The number of benzene rings is 4. The third-order valence-corrected chi connectivity index (χ3v) is 7.72. The van der Waals surface area contributed by atoms with Crippen molar-refractivity contribution < 1.29 is 24.1 Å². The molecule has 0 unspecified atom stereocenters. The quantitative estimate of drug-likeness (QED) is 0.153. The fourth-order valence-corrected chi connectivity index (χ4v) is 5.76. The van der Waals surface area contributed by atoms with Crippen LogP contribution in [0.4, 0.5) is 0 Å². The van der Waals surface area contributed by atoms with Gasteiger partial charge in [-0.05, 0) is 51.6 Å². The van der Waals surface area contributed by atoms with E-state index < -0.39 is 0 Å². The molecule has 0 amide bonds. The summed E-state index contributed by atoms with van der Waals surface area (Å²) in [5.74, 6) is 1.37. The van der Waals surface area contributed by atoms with Crippen LogP contribution in [0.15, 0.2) is 91.1 Å². The molecule has 194 valence electrons. The maximum absolute atomic E-state index is 10.5. The Morgan fingerprint density at radius 2 is 1.38 bits per heavy atom. The maximum atomic E-state index is 10.5. The number of ether oxygens (including phenoxy) is 2. The molecule has 0 fully saturated rings. The van der Waals surface area contributed by atoms with Gasteiger partial charge in [-0.25, -0.2) is 0 Å². The summed E-state index contributed by atoms with van der Waals surface area (Å²) in [6, 6.07) is 28.9. The van der Waals surface area contributed by atoms with Crippen molar-refractivity contribution in [1.29, 1.82) is 0 Å². The Morgan fingerprint density at radius 1 is 0.667 bits per heavy atom. The van der Waals surface area contributed by atoms with Crippen LogP contribution >= 0.6 is 0 Å². The van der Waals surface area contributed by atoms with E-state index in [2.05, 4.69) is 59.9 Å². The fourth-order valence-electron chi connectivity index (χ4n) is 5.76. The van der Waals surface area contributed by atoms with Gasteiger partial charge in [0.2, 0.25) is 5.52 Å². The van der Waals surface area contributed by atoms with Crippen LogP contribution in [0.1, 0.15) is 16.8 Å². The Bertz CT molecular complexity index is 1840. The Labute approximate surface area is 227 Å². The Balaban J connectivity index is 1.69. The molecule has 0 bridgehead atoms. The van der Waals surface area contributed by atoms with Crippen LogP contribution in [0.5, 0.6) is 11.5 Å². The minimum absolute atomic E-state index is 0.155. The monoisotopic (exact) mass is 516 g/mol. The van der Waals surface area contributed by atoms with Crippen LogP contribution in [0, 0.1) is 6.92 Å². The van der Waals surface area contributed by atoms with Crippen molar-refractivity contribution in [3.63, 3.8) is 0 Å². The van der Waals surface area contributed by atoms with Crippen molar-refractivity contribution in [2.24, 2.45) is 0 Å². The first-order valence-corrected chi connectivity index (χ1v) is 12.9. The lowest BCUT2D eigenvalue weighted by molar-refractivity contribution is -0.516. The average molecular weight is 517 g/mol. The van der Waals surface area contributed by atoms with E-state index in [0.29, 0.717) is 11.5 Å². The Hall–Kier alpha value is -4.45. The van der Waals surface area contributed by atoms with Gasteiger partial charge in [-0.1, -0.05) is 54.6 Å². The lowest BCUT2D eigenvalue weighted by Gasteiger charge is -2.17. The van der Waals surface area contributed by atoms with Crippen molar-refractivity contribution in [3.8, 4) is 33.8 Å². The van der Waals surface area contributed by atoms with Gasteiger partial charge in [0.05, 0.1) is 38.2 Å². The van der Waals surface area contributed by atoms with E-state index in [-0.39, 0.29) is 13.2 Å². The summed E-state index contributed by atoms with van der Waals surface area (Å²) in [7, 11) is 3.29. The number of hydrogen-bond acceptors (Lipinski definition) is 4. The van der Waals surface area contributed by atoms with Gasteiger partial charge in [-0.2, -0.15) is 4.40 Å². The number of aromatic nitrogens is 1. The zero-order valence-corrected chi connectivity index (χ0v) is 22.2. The van der Waals surface area contributed by atoms with Gasteiger partial charge in [-0.3, -0.25) is 0 Å². The molecule has 0 aliphatic heterocycles. The molecule has 5 nitrogen and oxygen atoms in total. The summed E-state index contributed by atoms with van der Waals surface area (Å²) in [6.45, 7) is 1.76. The predicted octanol–water partition coefficient (Wildman–Crippen LogP) is 6.38. The molecule has 0 saturated carbocycles. The van der Waals surface area contributed by atoms with Gasteiger partial charge < -0.3 is 19.7 Å². The Kier molecular flexibility index (Phi) is 6.39. The van der Waals surface area contributed by atoms with Gasteiger partial charge in [0.1, 0.15) is 0 Å². The highest BCUT2D eigenvalue weighted by Gasteiger charge is 2.23. The molecule has 2 heterocycles. The molecule has 5 heteroatoms. The molecular weight excluding hydrogens is 486 g/mol. The van der Waals surface area contributed by atoms with Gasteiger partial charge in [-0.15, -0.1) is 0 Å². The SMILES string of the molecule is COc1ccc2c(cc[n+]3c(C)c4cc(CO)c(CO)c(-c5ccc(-c6ccccc6)cc5)c4cc23)c1OC. The van der Waals surface area contributed by atoms with Gasteiger partial charge in [0, 0.05) is 29.8 Å². The molecule has 39 heavy (non-hydrogen) atoms. The van der Waals surface area contributed by atoms with Crippen molar-refractivity contribution in [2.45, 2.75) is 20.1 Å². The van der Waals surface area contributed by atoms with Crippen LogP contribution in [-0.2, 0) is 13.2 Å². The van der Waals surface area contributed by atoms with Gasteiger partial charge in [0.15, 0.2) is 23.4 Å². The second kappa shape index (κ2) is 10.0. The summed E-state index contributed by atoms with van der Waals surface area (Å²) >= 11 is 0. The summed E-state index contributed by atoms with van der Waals surface area (Å²) < 4.78 is 13.4. The first kappa shape index (κ1) is 24.9. The van der Waals surface area contributed by atoms with E-state index in [4.69, 9.17) is 9.47 Å².